The lowest BCUT2D eigenvalue weighted by Crippen LogP contribution is -2.33. The van der Waals surface area contributed by atoms with Gasteiger partial charge in [0, 0.05) is 24.6 Å². The Balaban J connectivity index is 2.16. The van der Waals surface area contributed by atoms with E-state index < -0.39 is 0 Å². The van der Waals surface area contributed by atoms with Gasteiger partial charge in [-0.1, -0.05) is 20.8 Å². The summed E-state index contributed by atoms with van der Waals surface area (Å²) in [7, 11) is 1.85. The summed E-state index contributed by atoms with van der Waals surface area (Å²) in [5, 5.41) is 4.67. The van der Waals surface area contributed by atoms with Crippen molar-refractivity contribution in [3.63, 3.8) is 0 Å². The van der Waals surface area contributed by atoms with E-state index in [0.29, 0.717) is 6.04 Å². The maximum Gasteiger partial charge on any atom is 0.125 e. The van der Waals surface area contributed by atoms with E-state index in [0.717, 1.165) is 31.0 Å². The first kappa shape index (κ1) is 15.9. The minimum Gasteiger partial charge on any atom is -0.371 e. The summed E-state index contributed by atoms with van der Waals surface area (Å²) in [6, 6.07) is 0.506. The molecule has 0 saturated heterocycles. The van der Waals surface area contributed by atoms with Crippen LogP contribution in [0.15, 0.2) is 0 Å². The van der Waals surface area contributed by atoms with Gasteiger partial charge in [0.1, 0.15) is 10.6 Å². The molecule has 1 heterocycles. The predicted octanol–water partition coefficient (Wildman–Crippen LogP) is 4.00. The molecule has 1 aromatic heterocycles. The first-order chi connectivity index (χ1) is 9.47. The molecule has 0 amide bonds. The summed E-state index contributed by atoms with van der Waals surface area (Å²) in [6.07, 6.45) is 4.70. The second-order valence-corrected chi connectivity index (χ2v) is 7.53. The topological polar surface area (TPSA) is 34.1 Å². The maximum atomic E-state index is 5.93. The molecule has 2 rings (SSSR count). The zero-order chi connectivity index (χ0) is 14.8. The van der Waals surface area contributed by atoms with Crippen LogP contribution in [0.3, 0.4) is 0 Å². The average Bonchev–Trinajstić information content (AvgIpc) is 2.79. The zero-order valence-corrected chi connectivity index (χ0v) is 14.3. The number of thiazole rings is 1. The van der Waals surface area contributed by atoms with Gasteiger partial charge in [-0.25, -0.2) is 4.98 Å². The smallest absolute Gasteiger partial charge is 0.125 e. The highest BCUT2D eigenvalue weighted by atomic mass is 32.1. The third-order valence-corrected chi connectivity index (χ3v) is 5.77. The van der Waals surface area contributed by atoms with E-state index in [1.54, 1.807) is 0 Å². The van der Waals surface area contributed by atoms with Crippen LogP contribution in [0.5, 0.6) is 0 Å². The number of aromatic nitrogens is 1. The monoisotopic (exact) mass is 296 g/mol. The first-order valence-electron chi connectivity index (χ1n) is 7.72. The van der Waals surface area contributed by atoms with Gasteiger partial charge in [-0.15, -0.1) is 11.3 Å². The maximum absolute atomic E-state index is 5.93. The van der Waals surface area contributed by atoms with Crippen LogP contribution in [-0.4, -0.2) is 18.1 Å². The number of nitrogens with one attached hydrogen (secondary N) is 1. The molecule has 1 N–H and O–H groups in total. The number of hydrogen-bond donors (Lipinski definition) is 1. The van der Waals surface area contributed by atoms with Crippen molar-refractivity contribution in [1.82, 2.24) is 10.3 Å². The molecule has 20 heavy (non-hydrogen) atoms. The summed E-state index contributed by atoms with van der Waals surface area (Å²) >= 11 is 1.83. The van der Waals surface area contributed by atoms with Crippen LogP contribution < -0.4 is 5.32 Å². The van der Waals surface area contributed by atoms with Gasteiger partial charge in [-0.3, -0.25) is 0 Å². The normalized spacial score (nSPS) is 27.2. The number of ether oxygens (including phenoxy) is 1. The van der Waals surface area contributed by atoms with Crippen molar-refractivity contribution in [3.8, 4) is 0 Å². The molecule has 0 aromatic carbocycles. The fourth-order valence-electron chi connectivity index (χ4n) is 2.82. The van der Waals surface area contributed by atoms with Crippen LogP contribution in [0.25, 0.3) is 0 Å². The van der Waals surface area contributed by atoms with Crippen molar-refractivity contribution in [3.05, 3.63) is 15.6 Å². The van der Waals surface area contributed by atoms with Gasteiger partial charge in [0.15, 0.2) is 0 Å². The van der Waals surface area contributed by atoms with Crippen molar-refractivity contribution >= 4 is 11.3 Å². The number of nitrogens with zero attached hydrogens (tertiary/aromatic N) is 1. The highest BCUT2D eigenvalue weighted by Crippen LogP contribution is 2.43. The Morgan fingerprint density at radius 1 is 1.40 bits per heavy atom. The summed E-state index contributed by atoms with van der Waals surface area (Å²) in [6.45, 7) is 9.72. The van der Waals surface area contributed by atoms with Crippen LogP contribution in [0.1, 0.15) is 62.0 Å². The van der Waals surface area contributed by atoms with Crippen LogP contribution in [0, 0.1) is 12.8 Å². The van der Waals surface area contributed by atoms with Gasteiger partial charge in [0.25, 0.3) is 0 Å². The second-order valence-electron chi connectivity index (χ2n) is 6.44. The molecule has 1 fully saturated rings. The Bertz CT molecular complexity index is 434. The Labute approximate surface area is 127 Å². The van der Waals surface area contributed by atoms with Gasteiger partial charge in [-0.05, 0) is 38.5 Å². The lowest BCUT2D eigenvalue weighted by Gasteiger charge is -2.36. The second kappa shape index (κ2) is 6.54. The van der Waals surface area contributed by atoms with Gasteiger partial charge >= 0.3 is 0 Å². The minimum absolute atomic E-state index is 0.127. The molecule has 1 aliphatic carbocycles. The molecule has 0 bridgehead atoms. The van der Waals surface area contributed by atoms with Crippen molar-refractivity contribution in [2.24, 2.45) is 5.92 Å². The molecule has 1 aromatic rings. The molecular weight excluding hydrogens is 268 g/mol. The summed E-state index contributed by atoms with van der Waals surface area (Å²) < 4.78 is 5.93. The van der Waals surface area contributed by atoms with E-state index in [1.165, 1.54) is 22.7 Å². The highest BCUT2D eigenvalue weighted by molar-refractivity contribution is 7.11. The predicted molar refractivity (Wildman–Crippen MR) is 85.1 cm³/mol. The van der Waals surface area contributed by atoms with Crippen molar-refractivity contribution < 1.29 is 4.74 Å². The molecule has 1 saturated carbocycles. The summed E-state index contributed by atoms with van der Waals surface area (Å²) in [5.74, 6) is 0.821. The lowest BCUT2D eigenvalue weighted by atomic mass is 9.80. The molecule has 0 unspecified atom stereocenters. The molecule has 0 spiro atoms. The van der Waals surface area contributed by atoms with Gasteiger partial charge in [0.05, 0.1) is 5.69 Å². The third-order valence-electron chi connectivity index (χ3n) is 4.43. The Morgan fingerprint density at radius 2 is 2.05 bits per heavy atom. The van der Waals surface area contributed by atoms with Gasteiger partial charge in [-0.2, -0.15) is 0 Å². The van der Waals surface area contributed by atoms with Crippen LogP contribution in [-0.2, 0) is 16.9 Å². The molecule has 0 aliphatic heterocycles. The molecule has 1 aliphatic rings. The Kier molecular flexibility index (Phi) is 5.21. The first-order valence-corrected chi connectivity index (χ1v) is 8.54. The van der Waals surface area contributed by atoms with Crippen molar-refractivity contribution in [1.29, 1.82) is 0 Å². The van der Waals surface area contributed by atoms with E-state index >= 15 is 0 Å². The zero-order valence-electron chi connectivity index (χ0n) is 13.5. The number of methoxy groups -OCH3 is 1. The highest BCUT2D eigenvalue weighted by Gasteiger charge is 2.38. The van der Waals surface area contributed by atoms with E-state index in [-0.39, 0.29) is 5.60 Å². The molecular formula is C16H28N2OS. The molecule has 4 heteroatoms. The molecule has 0 radical (unpaired) electrons. The SMILES string of the molecule is COC1(c2nc(C)c(CNC(C)C)s2)CCC(C)CC1. The molecule has 3 nitrogen and oxygen atoms in total. The van der Waals surface area contributed by atoms with Crippen LogP contribution in [0.4, 0.5) is 0 Å². The summed E-state index contributed by atoms with van der Waals surface area (Å²) in [5.41, 5.74) is 1.03. The fourth-order valence-corrected chi connectivity index (χ4v) is 4.06. The lowest BCUT2D eigenvalue weighted by molar-refractivity contribution is -0.0531. The average molecular weight is 296 g/mol. The quantitative estimate of drug-likeness (QED) is 0.891. The van der Waals surface area contributed by atoms with E-state index in [2.05, 4.69) is 33.0 Å². The van der Waals surface area contributed by atoms with E-state index in [9.17, 15) is 0 Å². The number of rotatable bonds is 5. The number of aryl methyl sites for hydroxylation is 1. The largest absolute Gasteiger partial charge is 0.371 e. The molecule has 0 atom stereocenters. The Morgan fingerprint density at radius 3 is 2.60 bits per heavy atom. The van der Waals surface area contributed by atoms with Gasteiger partial charge in [0.2, 0.25) is 0 Å². The van der Waals surface area contributed by atoms with Crippen molar-refractivity contribution in [2.75, 3.05) is 7.11 Å². The summed E-state index contributed by atoms with van der Waals surface area (Å²) in [4.78, 5) is 6.18. The minimum atomic E-state index is -0.127. The molecule has 114 valence electrons. The van der Waals surface area contributed by atoms with E-state index in [4.69, 9.17) is 9.72 Å². The Hall–Kier alpha value is -0.450. The standard InChI is InChI=1S/C16H28N2OS/c1-11(2)17-10-14-13(4)18-15(20-14)16(19-5)8-6-12(3)7-9-16/h11-12,17H,6-10H2,1-5H3. The number of hydrogen-bond acceptors (Lipinski definition) is 4. The van der Waals surface area contributed by atoms with Crippen molar-refractivity contribution in [2.45, 2.75) is 71.6 Å². The van der Waals surface area contributed by atoms with Gasteiger partial charge < -0.3 is 10.1 Å². The van der Waals surface area contributed by atoms with E-state index in [1.807, 2.05) is 18.4 Å². The van der Waals surface area contributed by atoms with Crippen LogP contribution in [0.2, 0.25) is 0 Å². The third kappa shape index (κ3) is 3.41. The fraction of sp³-hybridized carbons (Fsp3) is 0.812. The van der Waals surface area contributed by atoms with Crippen LogP contribution >= 0.6 is 11.3 Å².